The average Bonchev–Trinajstić information content (AvgIpc) is 3.61. The number of benzene rings is 2. The number of hydrogen-bond acceptors (Lipinski definition) is 6. The number of halogens is 1. The highest BCUT2D eigenvalue weighted by Gasteiger charge is 2.27. The summed E-state index contributed by atoms with van der Waals surface area (Å²) in [7, 11) is 0. The van der Waals surface area contributed by atoms with Crippen molar-refractivity contribution in [2.45, 2.75) is 39.2 Å². The van der Waals surface area contributed by atoms with Crippen molar-refractivity contribution >= 4 is 39.9 Å². The van der Waals surface area contributed by atoms with Crippen LogP contribution in [0.15, 0.2) is 48.7 Å². The first-order valence-electron chi connectivity index (χ1n) is 11.1. The number of carbonyl (C=O) groups excluding carboxylic acids is 1. The van der Waals surface area contributed by atoms with Crippen molar-refractivity contribution in [3.63, 3.8) is 0 Å². The second-order valence-corrected chi connectivity index (χ2v) is 9.06. The molecule has 0 spiro atoms. The first-order valence-corrected chi connectivity index (χ1v) is 11.5. The molecular formula is C25H22ClN5O4. The summed E-state index contributed by atoms with van der Waals surface area (Å²) >= 11 is 6.06. The van der Waals surface area contributed by atoms with E-state index in [0.717, 1.165) is 29.5 Å². The topological polar surface area (TPSA) is 112 Å². The molecule has 1 aliphatic carbocycles. The van der Waals surface area contributed by atoms with E-state index in [1.807, 2.05) is 19.9 Å². The number of non-ortho nitro benzene ring substituents is 1. The Balaban J connectivity index is 1.38. The predicted molar refractivity (Wildman–Crippen MR) is 132 cm³/mol. The van der Waals surface area contributed by atoms with Crippen LogP contribution in [0.25, 0.3) is 11.0 Å². The third-order valence-corrected chi connectivity index (χ3v) is 6.33. The summed E-state index contributed by atoms with van der Waals surface area (Å²) < 4.78 is 7.37. The normalized spacial score (nSPS) is 13.1. The highest BCUT2D eigenvalue weighted by Crippen LogP contribution is 2.43. The zero-order valence-corrected chi connectivity index (χ0v) is 19.9. The van der Waals surface area contributed by atoms with Crippen molar-refractivity contribution in [1.29, 1.82) is 0 Å². The fourth-order valence-electron chi connectivity index (χ4n) is 4.13. The van der Waals surface area contributed by atoms with E-state index in [0.29, 0.717) is 22.3 Å². The van der Waals surface area contributed by atoms with Gasteiger partial charge in [-0.05, 0) is 68.0 Å². The summed E-state index contributed by atoms with van der Waals surface area (Å²) in [5.41, 5.74) is 3.54. The molecule has 0 bridgehead atoms. The van der Waals surface area contributed by atoms with Gasteiger partial charge in [0.15, 0.2) is 5.65 Å². The van der Waals surface area contributed by atoms with Gasteiger partial charge in [-0.3, -0.25) is 14.9 Å². The number of anilines is 1. The van der Waals surface area contributed by atoms with E-state index < -0.39 is 4.92 Å². The number of nitro benzene ring substituents is 1. The summed E-state index contributed by atoms with van der Waals surface area (Å²) in [5.74, 6) is 0.827. The number of nitrogens with zero attached hydrogens (tertiary/aromatic N) is 4. The molecule has 0 unspecified atom stereocenters. The fraction of sp³-hybridized carbons (Fsp3) is 0.240. The Morgan fingerprint density at radius 1 is 1.20 bits per heavy atom. The summed E-state index contributed by atoms with van der Waals surface area (Å²) in [6.45, 7) is 3.66. The molecule has 0 aliphatic heterocycles. The lowest BCUT2D eigenvalue weighted by Crippen LogP contribution is -2.20. The summed E-state index contributed by atoms with van der Waals surface area (Å²) in [4.78, 5) is 28.3. The third kappa shape index (κ3) is 4.81. The van der Waals surface area contributed by atoms with Crippen LogP contribution in [0.4, 0.5) is 11.4 Å². The average molecular weight is 492 g/mol. The Bertz CT molecular complexity index is 1480. The second-order valence-electron chi connectivity index (χ2n) is 8.65. The van der Waals surface area contributed by atoms with Crippen LogP contribution in [0.3, 0.4) is 0 Å². The van der Waals surface area contributed by atoms with Crippen LogP contribution in [0.5, 0.6) is 11.5 Å². The maximum atomic E-state index is 12.9. The van der Waals surface area contributed by atoms with Gasteiger partial charge in [0.05, 0.1) is 22.4 Å². The lowest BCUT2D eigenvalue weighted by atomic mass is 10.1. The molecule has 1 saturated carbocycles. The van der Waals surface area contributed by atoms with Gasteiger partial charge in [0, 0.05) is 28.7 Å². The van der Waals surface area contributed by atoms with Gasteiger partial charge in [0.2, 0.25) is 5.91 Å². The van der Waals surface area contributed by atoms with Gasteiger partial charge < -0.3 is 10.1 Å². The highest BCUT2D eigenvalue weighted by molar-refractivity contribution is 6.31. The lowest BCUT2D eigenvalue weighted by Gasteiger charge is -2.11. The molecule has 1 fully saturated rings. The van der Waals surface area contributed by atoms with Gasteiger partial charge in [-0.2, -0.15) is 5.10 Å². The summed E-state index contributed by atoms with van der Waals surface area (Å²) in [6.07, 6.45) is 4.04. The number of pyridine rings is 1. The fourth-order valence-corrected chi connectivity index (χ4v) is 4.25. The number of rotatable bonds is 7. The molecule has 0 atom stereocenters. The van der Waals surface area contributed by atoms with Crippen molar-refractivity contribution in [2.24, 2.45) is 0 Å². The molecule has 4 aromatic rings. The van der Waals surface area contributed by atoms with E-state index in [1.54, 1.807) is 29.1 Å². The maximum Gasteiger partial charge on any atom is 0.275 e. The van der Waals surface area contributed by atoms with E-state index in [9.17, 15) is 14.9 Å². The van der Waals surface area contributed by atoms with Gasteiger partial charge in [-0.25, -0.2) is 9.67 Å². The van der Waals surface area contributed by atoms with Crippen molar-refractivity contribution in [3.05, 3.63) is 80.6 Å². The number of fused-ring (bicyclic) bond motifs is 1. The lowest BCUT2D eigenvalue weighted by molar-refractivity contribution is -0.384. The SMILES string of the molecule is Cc1cc(Oc2cc(NC(=O)Cn3nc(C)c4c(C5CC5)ccnc43)cc([N+](=O)[O-])c2)ccc1Cl. The van der Waals surface area contributed by atoms with E-state index in [-0.39, 0.29) is 29.6 Å². The molecule has 1 amide bonds. The molecule has 5 rings (SSSR count). The van der Waals surface area contributed by atoms with E-state index in [2.05, 4.69) is 15.4 Å². The van der Waals surface area contributed by atoms with Gasteiger partial charge in [-0.1, -0.05) is 11.6 Å². The second kappa shape index (κ2) is 8.99. The molecule has 178 valence electrons. The minimum absolute atomic E-state index is 0.0826. The van der Waals surface area contributed by atoms with E-state index >= 15 is 0 Å². The molecule has 1 aliphatic rings. The molecule has 2 heterocycles. The highest BCUT2D eigenvalue weighted by atomic mass is 35.5. The third-order valence-electron chi connectivity index (χ3n) is 5.90. The number of carbonyl (C=O) groups is 1. The van der Waals surface area contributed by atoms with Crippen LogP contribution in [0, 0.1) is 24.0 Å². The number of hydrogen-bond donors (Lipinski definition) is 1. The number of aryl methyl sites for hydroxylation is 2. The first-order chi connectivity index (χ1) is 16.8. The molecular weight excluding hydrogens is 470 g/mol. The zero-order chi connectivity index (χ0) is 24.7. The van der Waals surface area contributed by atoms with Crippen molar-refractivity contribution in [3.8, 4) is 11.5 Å². The van der Waals surface area contributed by atoms with Crippen LogP contribution >= 0.6 is 11.6 Å². The van der Waals surface area contributed by atoms with Gasteiger partial charge in [0.1, 0.15) is 18.0 Å². The van der Waals surface area contributed by atoms with E-state index in [4.69, 9.17) is 16.3 Å². The van der Waals surface area contributed by atoms with Crippen LogP contribution in [0.2, 0.25) is 5.02 Å². The first kappa shape index (κ1) is 22.8. The van der Waals surface area contributed by atoms with Crippen molar-refractivity contribution < 1.29 is 14.5 Å². The molecule has 1 N–H and O–H groups in total. The van der Waals surface area contributed by atoms with Crippen molar-refractivity contribution in [2.75, 3.05) is 5.32 Å². The number of ether oxygens (including phenoxy) is 1. The molecule has 35 heavy (non-hydrogen) atoms. The van der Waals surface area contributed by atoms with Crippen LogP contribution in [-0.2, 0) is 11.3 Å². The minimum Gasteiger partial charge on any atom is -0.457 e. The maximum absolute atomic E-state index is 12.9. The Morgan fingerprint density at radius 3 is 2.71 bits per heavy atom. The minimum atomic E-state index is -0.538. The predicted octanol–water partition coefficient (Wildman–Crippen LogP) is 5.92. The van der Waals surface area contributed by atoms with Gasteiger partial charge in [0.25, 0.3) is 5.69 Å². The Morgan fingerprint density at radius 2 is 2.00 bits per heavy atom. The number of amides is 1. The zero-order valence-electron chi connectivity index (χ0n) is 19.1. The Labute approximate surface area is 205 Å². The van der Waals surface area contributed by atoms with Crippen LogP contribution in [-0.4, -0.2) is 25.6 Å². The Hall–Kier alpha value is -3.98. The monoisotopic (exact) mass is 491 g/mol. The van der Waals surface area contributed by atoms with Crippen LogP contribution < -0.4 is 10.1 Å². The van der Waals surface area contributed by atoms with Crippen LogP contribution in [0.1, 0.15) is 35.6 Å². The molecule has 9 nitrogen and oxygen atoms in total. The van der Waals surface area contributed by atoms with Gasteiger partial charge in [-0.15, -0.1) is 0 Å². The quantitative estimate of drug-likeness (QED) is 0.254. The molecule has 10 heteroatoms. The Kier molecular flexibility index (Phi) is 5.86. The largest absolute Gasteiger partial charge is 0.457 e. The van der Waals surface area contributed by atoms with Crippen molar-refractivity contribution in [1.82, 2.24) is 14.8 Å². The standard InChI is InChI=1S/C25H22ClN5O4/c1-14-9-19(5-6-22(14)26)35-20-11-17(10-18(12-20)31(33)34)28-23(32)13-30-25-24(15(2)29-30)21(7-8-27-25)16-3-4-16/h5-12,16H,3-4,13H2,1-2H3,(H,28,32). The molecule has 2 aromatic heterocycles. The number of nitrogens with one attached hydrogen (secondary N) is 1. The smallest absolute Gasteiger partial charge is 0.275 e. The molecule has 0 radical (unpaired) electrons. The van der Waals surface area contributed by atoms with Gasteiger partial charge >= 0.3 is 0 Å². The van der Waals surface area contributed by atoms with E-state index in [1.165, 1.54) is 23.8 Å². The molecule has 0 saturated heterocycles. The number of nitro groups is 1. The summed E-state index contributed by atoms with van der Waals surface area (Å²) in [5, 5.41) is 20.3. The summed E-state index contributed by atoms with van der Waals surface area (Å²) in [6, 6.07) is 11.2. The molecule has 2 aromatic carbocycles. The number of aromatic nitrogens is 3.